The minimum Gasteiger partial charge on any atom is -0.354 e. The van der Waals surface area contributed by atoms with Crippen LogP contribution in [0.3, 0.4) is 0 Å². The number of amides is 3. The Bertz CT molecular complexity index is 1100. The summed E-state index contributed by atoms with van der Waals surface area (Å²) in [6.07, 6.45) is 1.37. The first kappa shape index (κ1) is 25.0. The number of halogens is 1. The number of nitrogens with zero attached hydrogens (tertiary/aromatic N) is 3. The van der Waals surface area contributed by atoms with Crippen LogP contribution in [-0.4, -0.2) is 50.3 Å². The van der Waals surface area contributed by atoms with Crippen LogP contribution in [0.4, 0.5) is 9.18 Å². The van der Waals surface area contributed by atoms with E-state index in [0.717, 1.165) is 39.8 Å². The van der Waals surface area contributed by atoms with Crippen LogP contribution in [0.1, 0.15) is 30.8 Å². The van der Waals surface area contributed by atoms with E-state index >= 15 is 0 Å². The fourth-order valence-electron chi connectivity index (χ4n) is 3.23. The molecule has 1 aromatic heterocycles. The third-order valence-corrected chi connectivity index (χ3v) is 6.91. The zero-order chi connectivity index (χ0) is 24.1. The Labute approximate surface area is 201 Å². The van der Waals surface area contributed by atoms with Crippen molar-refractivity contribution in [1.29, 1.82) is 0 Å². The summed E-state index contributed by atoms with van der Waals surface area (Å²) in [6, 6.07) is 6.04. The Morgan fingerprint density at radius 3 is 2.70 bits per heavy atom. The molecule has 0 spiro atoms. The van der Waals surface area contributed by atoms with Crippen molar-refractivity contribution < 1.29 is 18.8 Å². The molecule has 3 amide bonds. The third kappa shape index (κ3) is 6.26. The fraction of sp³-hybridized carbons (Fsp3) is 0.391. The summed E-state index contributed by atoms with van der Waals surface area (Å²) in [5.74, 6) is -0.519. The molecule has 7 nitrogen and oxygen atoms in total. The first-order chi connectivity index (χ1) is 15.7. The van der Waals surface area contributed by atoms with E-state index in [1.807, 2.05) is 13.8 Å². The van der Waals surface area contributed by atoms with Gasteiger partial charge >= 0.3 is 0 Å². The zero-order valence-electron chi connectivity index (χ0n) is 19.1. The standard InChI is InChI=1S/C23H27FN4O3S2/c1-14(2)12-28-16(4)15(3)26-22(28)32-13-20(29)25-9-10-27-21(30)19(33-23(27)31)11-17-7-5-6-8-18(17)24/h5-8,11,14H,9-10,12-13H2,1-4H3,(H,25,29). The number of carbonyl (C=O) groups is 3. The molecule has 10 heteroatoms. The molecule has 0 radical (unpaired) electrons. The van der Waals surface area contributed by atoms with Crippen molar-refractivity contribution in [3.63, 3.8) is 0 Å². The smallest absolute Gasteiger partial charge is 0.293 e. The predicted molar refractivity (Wildman–Crippen MR) is 129 cm³/mol. The first-order valence-electron chi connectivity index (χ1n) is 10.6. The van der Waals surface area contributed by atoms with Crippen molar-refractivity contribution in [1.82, 2.24) is 19.8 Å². The fourth-order valence-corrected chi connectivity index (χ4v) is 5.02. The summed E-state index contributed by atoms with van der Waals surface area (Å²) in [6.45, 7) is 9.26. The molecule has 0 saturated carbocycles. The normalized spacial score (nSPS) is 15.2. The van der Waals surface area contributed by atoms with E-state index in [1.165, 1.54) is 30.0 Å². The number of carbonyl (C=O) groups excluding carboxylic acids is 3. The SMILES string of the molecule is Cc1nc(SCC(=O)NCCN2C(=O)SC(=Cc3ccccc3F)C2=O)n(CC(C)C)c1C. The lowest BCUT2D eigenvalue weighted by atomic mass is 10.2. The molecule has 176 valence electrons. The van der Waals surface area contributed by atoms with E-state index in [1.54, 1.807) is 12.1 Å². The van der Waals surface area contributed by atoms with Crippen molar-refractivity contribution in [2.45, 2.75) is 39.4 Å². The third-order valence-electron chi connectivity index (χ3n) is 5.03. The topological polar surface area (TPSA) is 84.3 Å². The van der Waals surface area contributed by atoms with Crippen LogP contribution in [0.2, 0.25) is 0 Å². The highest BCUT2D eigenvalue weighted by molar-refractivity contribution is 8.18. The van der Waals surface area contributed by atoms with Gasteiger partial charge in [0.15, 0.2) is 5.16 Å². The highest BCUT2D eigenvalue weighted by Gasteiger charge is 2.34. The van der Waals surface area contributed by atoms with Gasteiger partial charge in [0, 0.05) is 30.9 Å². The molecule has 3 rings (SSSR count). The molecule has 2 heterocycles. The molecule has 1 saturated heterocycles. The van der Waals surface area contributed by atoms with Gasteiger partial charge in [-0.15, -0.1) is 0 Å². The number of thioether (sulfide) groups is 2. The van der Waals surface area contributed by atoms with E-state index < -0.39 is 17.0 Å². The van der Waals surface area contributed by atoms with E-state index in [-0.39, 0.29) is 35.2 Å². The lowest BCUT2D eigenvalue weighted by Crippen LogP contribution is -2.37. The van der Waals surface area contributed by atoms with E-state index in [4.69, 9.17) is 0 Å². The van der Waals surface area contributed by atoms with Crippen LogP contribution >= 0.6 is 23.5 Å². The number of hydrogen-bond donors (Lipinski definition) is 1. The molecule has 33 heavy (non-hydrogen) atoms. The van der Waals surface area contributed by atoms with Crippen LogP contribution in [0.15, 0.2) is 34.3 Å². The second-order valence-corrected chi connectivity index (χ2v) is 10.00. The Kier molecular flexibility index (Phi) is 8.36. The Hall–Kier alpha value is -2.59. The number of rotatable bonds is 9. The highest BCUT2D eigenvalue weighted by atomic mass is 32.2. The first-order valence-corrected chi connectivity index (χ1v) is 12.4. The average molecular weight is 491 g/mol. The number of nitrogens with one attached hydrogen (secondary N) is 1. The summed E-state index contributed by atoms with van der Waals surface area (Å²) in [5, 5.41) is 3.11. The van der Waals surface area contributed by atoms with Gasteiger partial charge in [0.1, 0.15) is 5.82 Å². The molecule has 1 aromatic carbocycles. The maximum atomic E-state index is 13.8. The second-order valence-electron chi connectivity index (χ2n) is 8.06. The molecule has 1 fully saturated rings. The van der Waals surface area contributed by atoms with Crippen molar-refractivity contribution >= 4 is 46.7 Å². The predicted octanol–water partition coefficient (Wildman–Crippen LogP) is 4.24. The summed E-state index contributed by atoms with van der Waals surface area (Å²) >= 11 is 2.13. The summed E-state index contributed by atoms with van der Waals surface area (Å²) in [7, 11) is 0. The summed E-state index contributed by atoms with van der Waals surface area (Å²) in [5.41, 5.74) is 2.28. The number of benzene rings is 1. The molecule has 0 aliphatic carbocycles. The highest BCUT2D eigenvalue weighted by Crippen LogP contribution is 2.32. The maximum absolute atomic E-state index is 13.8. The van der Waals surface area contributed by atoms with Crippen molar-refractivity contribution in [3.8, 4) is 0 Å². The molecular weight excluding hydrogens is 463 g/mol. The number of hydrogen-bond acceptors (Lipinski definition) is 6. The number of imidazole rings is 1. The zero-order valence-corrected chi connectivity index (χ0v) is 20.7. The van der Waals surface area contributed by atoms with E-state index in [9.17, 15) is 18.8 Å². The van der Waals surface area contributed by atoms with E-state index in [0.29, 0.717) is 5.92 Å². The lowest BCUT2D eigenvalue weighted by Gasteiger charge is -2.14. The molecular formula is C23H27FN4O3S2. The molecule has 1 aliphatic rings. The van der Waals surface area contributed by atoms with Gasteiger partial charge in [-0.2, -0.15) is 0 Å². The minimum atomic E-state index is -0.487. The summed E-state index contributed by atoms with van der Waals surface area (Å²) in [4.78, 5) is 42.9. The molecule has 1 N–H and O–H groups in total. The maximum Gasteiger partial charge on any atom is 0.293 e. The van der Waals surface area contributed by atoms with Gasteiger partial charge in [-0.25, -0.2) is 9.37 Å². The van der Waals surface area contributed by atoms with Gasteiger partial charge in [0.05, 0.1) is 16.4 Å². The number of imide groups is 1. The van der Waals surface area contributed by atoms with Gasteiger partial charge in [0.2, 0.25) is 5.91 Å². The molecule has 0 bridgehead atoms. The Morgan fingerprint density at radius 2 is 2.00 bits per heavy atom. The molecule has 1 aliphatic heterocycles. The number of aryl methyl sites for hydroxylation is 1. The van der Waals surface area contributed by atoms with Gasteiger partial charge in [-0.05, 0) is 43.7 Å². The van der Waals surface area contributed by atoms with Gasteiger partial charge in [-0.3, -0.25) is 19.3 Å². The minimum absolute atomic E-state index is 0.0515. The van der Waals surface area contributed by atoms with Gasteiger partial charge < -0.3 is 9.88 Å². The molecule has 0 atom stereocenters. The molecule has 0 unspecified atom stereocenters. The monoisotopic (exact) mass is 490 g/mol. The van der Waals surface area contributed by atoms with Crippen molar-refractivity contribution in [3.05, 3.63) is 51.9 Å². The van der Waals surface area contributed by atoms with Crippen molar-refractivity contribution in [2.24, 2.45) is 5.92 Å². The Balaban J connectivity index is 1.51. The van der Waals surface area contributed by atoms with Crippen LogP contribution in [0.5, 0.6) is 0 Å². The van der Waals surface area contributed by atoms with Crippen LogP contribution in [0, 0.1) is 25.6 Å². The van der Waals surface area contributed by atoms with Gasteiger partial charge in [0.25, 0.3) is 11.1 Å². The number of aromatic nitrogens is 2. The van der Waals surface area contributed by atoms with Gasteiger partial charge in [-0.1, -0.05) is 43.8 Å². The molecule has 2 aromatic rings. The van der Waals surface area contributed by atoms with Crippen LogP contribution in [-0.2, 0) is 16.1 Å². The van der Waals surface area contributed by atoms with Crippen LogP contribution < -0.4 is 5.32 Å². The summed E-state index contributed by atoms with van der Waals surface area (Å²) < 4.78 is 16.0. The van der Waals surface area contributed by atoms with Crippen LogP contribution in [0.25, 0.3) is 6.08 Å². The lowest BCUT2D eigenvalue weighted by molar-refractivity contribution is -0.123. The largest absolute Gasteiger partial charge is 0.354 e. The Morgan fingerprint density at radius 1 is 1.27 bits per heavy atom. The van der Waals surface area contributed by atoms with Crippen molar-refractivity contribution in [2.75, 3.05) is 18.8 Å². The quantitative estimate of drug-likeness (QED) is 0.418. The van der Waals surface area contributed by atoms with E-state index in [2.05, 4.69) is 28.7 Å². The second kappa shape index (κ2) is 11.0. The average Bonchev–Trinajstić information content (AvgIpc) is 3.17.